The van der Waals surface area contributed by atoms with Crippen LogP contribution in [0.1, 0.15) is 29.2 Å². The number of hydrogen-bond acceptors (Lipinski definition) is 5. The molecule has 41 heavy (non-hydrogen) atoms. The average molecular weight is 629 g/mol. The highest BCUT2D eigenvalue weighted by Gasteiger charge is 2.40. The number of halogens is 1. The first kappa shape index (κ1) is 27.0. The maximum atomic E-state index is 14.1. The molecule has 0 saturated carbocycles. The second-order valence-electron chi connectivity index (χ2n) is 9.86. The number of H-pyrrole nitrogens is 1. The third-order valence-electron chi connectivity index (χ3n) is 7.26. The SMILES string of the molecule is COc1ccccc1[C@H]1CC(c2c(-c3ccccc3)c3cc(Br)ccc3[nH]c2=O)=NN1S(=O)(=O)c1ccc(C)cc1. The molecule has 1 aromatic heterocycles. The normalized spacial score (nSPS) is 15.2. The Labute approximate surface area is 246 Å². The molecule has 0 saturated heterocycles. The van der Waals surface area contributed by atoms with Gasteiger partial charge in [-0.2, -0.15) is 17.9 Å². The van der Waals surface area contributed by atoms with E-state index in [1.165, 1.54) is 0 Å². The van der Waals surface area contributed by atoms with Crippen molar-refractivity contribution in [1.82, 2.24) is 9.40 Å². The maximum absolute atomic E-state index is 14.1. The molecule has 4 aromatic carbocycles. The van der Waals surface area contributed by atoms with Crippen molar-refractivity contribution in [2.24, 2.45) is 5.10 Å². The number of para-hydroxylation sites is 1. The summed E-state index contributed by atoms with van der Waals surface area (Å²) in [6.07, 6.45) is 0.174. The largest absolute Gasteiger partial charge is 0.496 e. The standard InChI is InChI=1S/C32H26BrN3O4S/c1-20-12-15-23(16-13-20)41(38,39)36-28(24-10-6-7-11-29(24)40-2)19-27(35-36)31-30(21-8-4-3-5-9-21)25-18-22(33)14-17-26(25)34-32(31)37/h3-18,28H,19H2,1-2H3,(H,34,37)/t28-/m1/s1. The van der Waals surface area contributed by atoms with Gasteiger partial charge in [-0.15, -0.1) is 0 Å². The number of pyridine rings is 1. The number of hydrogen-bond donors (Lipinski definition) is 1. The summed E-state index contributed by atoms with van der Waals surface area (Å²) in [4.78, 5) is 16.9. The molecule has 0 amide bonds. The quantitative estimate of drug-likeness (QED) is 0.224. The summed E-state index contributed by atoms with van der Waals surface area (Å²) in [6, 6.07) is 28.5. The van der Waals surface area contributed by atoms with E-state index >= 15 is 0 Å². The Bertz CT molecular complexity index is 1970. The van der Waals surface area contributed by atoms with E-state index in [1.807, 2.05) is 73.7 Å². The van der Waals surface area contributed by atoms with E-state index in [4.69, 9.17) is 9.84 Å². The smallest absolute Gasteiger partial charge is 0.279 e. The van der Waals surface area contributed by atoms with E-state index < -0.39 is 16.1 Å². The summed E-state index contributed by atoms with van der Waals surface area (Å²) in [7, 11) is -2.54. The molecule has 206 valence electrons. The Balaban J connectivity index is 1.62. The molecule has 7 nitrogen and oxygen atoms in total. The van der Waals surface area contributed by atoms with Gasteiger partial charge in [-0.3, -0.25) is 4.79 Å². The monoisotopic (exact) mass is 627 g/mol. The number of ether oxygens (including phenoxy) is 1. The van der Waals surface area contributed by atoms with Crippen LogP contribution in [0.3, 0.4) is 0 Å². The molecule has 9 heteroatoms. The third kappa shape index (κ3) is 4.85. The molecule has 2 heterocycles. The second kappa shape index (κ2) is 10.6. The second-order valence-corrected chi connectivity index (χ2v) is 12.6. The Kier molecular flexibility index (Phi) is 7.01. The van der Waals surface area contributed by atoms with Crippen LogP contribution in [0.25, 0.3) is 22.0 Å². The van der Waals surface area contributed by atoms with Crippen LogP contribution in [-0.2, 0) is 10.0 Å². The van der Waals surface area contributed by atoms with Gasteiger partial charge in [0, 0.05) is 32.9 Å². The van der Waals surface area contributed by atoms with Crippen molar-refractivity contribution in [2.75, 3.05) is 7.11 Å². The van der Waals surface area contributed by atoms with E-state index in [0.29, 0.717) is 33.7 Å². The summed E-state index contributed by atoms with van der Waals surface area (Å²) in [5.74, 6) is 0.540. The van der Waals surface area contributed by atoms with Crippen LogP contribution in [0.4, 0.5) is 0 Å². The highest BCUT2D eigenvalue weighted by Crippen LogP contribution is 2.42. The molecule has 0 spiro atoms. The first-order valence-corrected chi connectivity index (χ1v) is 15.2. The fourth-order valence-corrected chi connectivity index (χ4v) is 7.08. The molecule has 0 aliphatic carbocycles. The summed E-state index contributed by atoms with van der Waals surface area (Å²) in [5.41, 5.74) is 4.16. The average Bonchev–Trinajstić information content (AvgIpc) is 3.43. The van der Waals surface area contributed by atoms with Crippen molar-refractivity contribution < 1.29 is 13.2 Å². The Hall–Kier alpha value is -4.21. The zero-order chi connectivity index (χ0) is 28.7. The zero-order valence-corrected chi connectivity index (χ0v) is 24.7. The number of nitrogens with one attached hydrogen (secondary N) is 1. The first-order chi connectivity index (χ1) is 19.8. The van der Waals surface area contributed by atoms with Crippen LogP contribution in [0.15, 0.2) is 116 Å². The molecule has 1 aliphatic rings. The molecule has 0 fully saturated rings. The van der Waals surface area contributed by atoms with Crippen molar-refractivity contribution in [2.45, 2.75) is 24.3 Å². The lowest BCUT2D eigenvalue weighted by atomic mass is 9.91. The van der Waals surface area contributed by atoms with Gasteiger partial charge in [0.05, 0.1) is 29.3 Å². The van der Waals surface area contributed by atoms with E-state index in [-0.39, 0.29) is 16.9 Å². The molecule has 6 rings (SSSR count). The Morgan fingerprint density at radius 1 is 0.927 bits per heavy atom. The van der Waals surface area contributed by atoms with Crippen LogP contribution in [0.2, 0.25) is 0 Å². The number of benzene rings is 4. The van der Waals surface area contributed by atoms with E-state index in [2.05, 4.69) is 20.9 Å². The number of rotatable bonds is 6. The number of aromatic amines is 1. The lowest BCUT2D eigenvalue weighted by Gasteiger charge is -2.24. The summed E-state index contributed by atoms with van der Waals surface area (Å²) >= 11 is 3.56. The van der Waals surface area contributed by atoms with Crippen LogP contribution in [-0.4, -0.2) is 30.6 Å². The number of sulfonamides is 1. The minimum absolute atomic E-state index is 0.118. The van der Waals surface area contributed by atoms with Gasteiger partial charge in [0.15, 0.2) is 0 Å². The van der Waals surface area contributed by atoms with Gasteiger partial charge in [0.25, 0.3) is 15.6 Å². The van der Waals surface area contributed by atoms with E-state index in [0.717, 1.165) is 25.4 Å². The number of methoxy groups -OCH3 is 1. The van der Waals surface area contributed by atoms with Gasteiger partial charge in [-0.1, -0.05) is 82.2 Å². The first-order valence-electron chi connectivity index (χ1n) is 13.0. The van der Waals surface area contributed by atoms with Crippen LogP contribution in [0.5, 0.6) is 5.75 Å². The summed E-state index contributed by atoms with van der Waals surface area (Å²) in [5, 5.41) is 5.53. The minimum Gasteiger partial charge on any atom is -0.496 e. The third-order valence-corrected chi connectivity index (χ3v) is 9.45. The van der Waals surface area contributed by atoms with Gasteiger partial charge in [0.2, 0.25) is 0 Å². The number of fused-ring (bicyclic) bond motifs is 1. The van der Waals surface area contributed by atoms with Crippen molar-refractivity contribution >= 4 is 42.6 Å². The van der Waals surface area contributed by atoms with Gasteiger partial charge in [0.1, 0.15) is 5.75 Å². The van der Waals surface area contributed by atoms with Gasteiger partial charge >= 0.3 is 0 Å². The molecule has 0 radical (unpaired) electrons. The van der Waals surface area contributed by atoms with E-state index in [1.54, 1.807) is 37.4 Å². The molecular weight excluding hydrogens is 602 g/mol. The minimum atomic E-state index is -4.09. The van der Waals surface area contributed by atoms with Crippen LogP contribution >= 0.6 is 15.9 Å². The number of nitrogens with zero attached hydrogens (tertiary/aromatic N) is 2. The van der Waals surface area contributed by atoms with Gasteiger partial charge in [-0.25, -0.2) is 0 Å². The van der Waals surface area contributed by atoms with Crippen LogP contribution in [0, 0.1) is 6.92 Å². The lowest BCUT2D eigenvalue weighted by Crippen LogP contribution is -2.27. The highest BCUT2D eigenvalue weighted by atomic mass is 79.9. The molecule has 1 atom stereocenters. The fourth-order valence-electron chi connectivity index (χ4n) is 5.30. The van der Waals surface area contributed by atoms with Crippen molar-refractivity contribution in [3.05, 3.63) is 129 Å². The number of hydrazone groups is 1. The molecule has 0 bridgehead atoms. The molecule has 1 aliphatic heterocycles. The highest BCUT2D eigenvalue weighted by molar-refractivity contribution is 9.10. The Morgan fingerprint density at radius 2 is 1.63 bits per heavy atom. The van der Waals surface area contributed by atoms with E-state index in [9.17, 15) is 13.2 Å². The van der Waals surface area contributed by atoms with Crippen LogP contribution < -0.4 is 10.3 Å². The Morgan fingerprint density at radius 3 is 2.37 bits per heavy atom. The zero-order valence-electron chi connectivity index (χ0n) is 22.3. The van der Waals surface area contributed by atoms with Gasteiger partial charge in [-0.05, 0) is 48.9 Å². The lowest BCUT2D eigenvalue weighted by molar-refractivity contribution is 0.350. The topological polar surface area (TPSA) is 91.8 Å². The predicted molar refractivity (Wildman–Crippen MR) is 165 cm³/mol. The number of aryl methyl sites for hydroxylation is 1. The van der Waals surface area contributed by atoms with Crippen molar-refractivity contribution in [3.8, 4) is 16.9 Å². The summed E-state index contributed by atoms with van der Waals surface area (Å²) < 4.78 is 35.8. The maximum Gasteiger partial charge on any atom is 0.279 e. The molecule has 0 unspecified atom stereocenters. The molecule has 5 aromatic rings. The van der Waals surface area contributed by atoms with Crippen molar-refractivity contribution in [1.29, 1.82) is 0 Å². The fraction of sp³-hybridized carbons (Fsp3) is 0.125. The van der Waals surface area contributed by atoms with Crippen molar-refractivity contribution in [3.63, 3.8) is 0 Å². The number of aromatic nitrogens is 1. The van der Waals surface area contributed by atoms with Gasteiger partial charge < -0.3 is 9.72 Å². The predicted octanol–water partition coefficient (Wildman–Crippen LogP) is 6.81. The summed E-state index contributed by atoms with van der Waals surface area (Å²) in [6.45, 7) is 1.90. The molecular formula is C32H26BrN3O4S. The molecule has 1 N–H and O–H groups in total.